The lowest BCUT2D eigenvalue weighted by atomic mass is 9.32. The fourth-order valence-electron chi connectivity index (χ4n) is 11.6. The minimum Gasteiger partial charge on any atom is -0.481 e. The van der Waals surface area contributed by atoms with Gasteiger partial charge in [0.25, 0.3) is 0 Å². The predicted molar refractivity (Wildman–Crippen MR) is 143 cm³/mol. The van der Waals surface area contributed by atoms with Gasteiger partial charge < -0.3 is 9.84 Å². The Morgan fingerprint density at radius 3 is 2.24 bits per heavy atom. The predicted octanol–water partition coefficient (Wildman–Crippen LogP) is 6.84. The van der Waals surface area contributed by atoms with E-state index in [2.05, 4.69) is 34.3 Å². The smallest absolute Gasteiger partial charge is 0.309 e. The first-order valence-corrected chi connectivity index (χ1v) is 14.7. The van der Waals surface area contributed by atoms with Gasteiger partial charge in [-0.25, -0.2) is 0 Å². The van der Waals surface area contributed by atoms with E-state index in [0.717, 1.165) is 63.4 Å². The van der Waals surface area contributed by atoms with Gasteiger partial charge in [0.1, 0.15) is 12.4 Å². The van der Waals surface area contributed by atoms with Crippen LogP contribution in [0.1, 0.15) is 106 Å². The van der Waals surface area contributed by atoms with E-state index in [1.165, 1.54) is 6.92 Å². The first kappa shape index (κ1) is 26.9. The van der Waals surface area contributed by atoms with Gasteiger partial charge >= 0.3 is 11.9 Å². The van der Waals surface area contributed by atoms with Crippen molar-refractivity contribution in [1.82, 2.24) is 0 Å². The topological polar surface area (TPSA) is 80.7 Å². The standard InChI is InChI=1S/C32H48O5/c1-19(2)21-10-15-32(27(35)36)17-16-30(6)22(26(21)32)8-9-24-28(4)13-12-25(34)29(5,18-37-20(3)33)23(28)11-14-31(24,30)7/h21-24,26H,1,8-18H2,2-7H3,(H,35,36)/t21-,22+,23+,24+,26+,28-,29?,30+,31+,32-/m0/s1. The van der Waals surface area contributed by atoms with Gasteiger partial charge in [-0.3, -0.25) is 14.4 Å². The van der Waals surface area contributed by atoms with Crippen molar-refractivity contribution in [2.45, 2.75) is 106 Å². The van der Waals surface area contributed by atoms with Crippen LogP contribution in [0.5, 0.6) is 0 Å². The summed E-state index contributed by atoms with van der Waals surface area (Å²) in [6, 6.07) is 0. The zero-order valence-electron chi connectivity index (χ0n) is 24.0. The molecule has 0 aliphatic heterocycles. The second kappa shape index (κ2) is 8.42. The number of Topliss-reactive ketones (excluding diaryl/α,β-unsaturated/α-hetero) is 1. The number of rotatable bonds is 4. The first-order valence-electron chi connectivity index (χ1n) is 14.7. The molecule has 5 saturated carbocycles. The van der Waals surface area contributed by atoms with Crippen LogP contribution in [-0.2, 0) is 19.1 Å². The molecular weight excluding hydrogens is 464 g/mol. The van der Waals surface area contributed by atoms with Crippen molar-refractivity contribution in [1.29, 1.82) is 0 Å². The molecule has 0 spiro atoms. The Bertz CT molecular complexity index is 1030. The van der Waals surface area contributed by atoms with E-state index < -0.39 is 16.8 Å². The largest absolute Gasteiger partial charge is 0.481 e. The number of carboxylic acid groups (broad SMARTS) is 1. The summed E-state index contributed by atoms with van der Waals surface area (Å²) in [7, 11) is 0. The zero-order valence-corrected chi connectivity index (χ0v) is 24.0. The van der Waals surface area contributed by atoms with E-state index >= 15 is 0 Å². The third kappa shape index (κ3) is 3.37. The summed E-state index contributed by atoms with van der Waals surface area (Å²) in [5.41, 5.74) is 0.106. The van der Waals surface area contributed by atoms with Gasteiger partial charge in [0.2, 0.25) is 0 Å². The van der Waals surface area contributed by atoms with Crippen molar-refractivity contribution in [2.24, 2.45) is 56.7 Å². The number of fused-ring (bicyclic) bond motifs is 7. The summed E-state index contributed by atoms with van der Waals surface area (Å²) in [6.07, 6.45) is 9.13. The number of hydrogen-bond donors (Lipinski definition) is 1. The van der Waals surface area contributed by atoms with Crippen LogP contribution in [0.3, 0.4) is 0 Å². The van der Waals surface area contributed by atoms with Crippen LogP contribution in [0.2, 0.25) is 0 Å². The van der Waals surface area contributed by atoms with Gasteiger partial charge in [-0.05, 0) is 117 Å². The summed E-state index contributed by atoms with van der Waals surface area (Å²) in [6.45, 7) is 17.6. The van der Waals surface area contributed by atoms with Crippen molar-refractivity contribution in [3.63, 3.8) is 0 Å². The maximum atomic E-state index is 13.3. The summed E-state index contributed by atoms with van der Waals surface area (Å²) in [5, 5.41) is 10.5. The lowest BCUT2D eigenvalue weighted by Crippen LogP contribution is -2.67. The van der Waals surface area contributed by atoms with Crippen LogP contribution in [0.15, 0.2) is 12.2 Å². The number of ketones is 1. The molecule has 5 fully saturated rings. The molecule has 10 atom stereocenters. The highest BCUT2D eigenvalue weighted by molar-refractivity contribution is 5.86. The number of hydrogen-bond acceptors (Lipinski definition) is 4. The van der Waals surface area contributed by atoms with Gasteiger partial charge in [-0.1, -0.05) is 32.9 Å². The fraction of sp³-hybridized carbons (Fsp3) is 0.844. The lowest BCUT2D eigenvalue weighted by Gasteiger charge is -2.72. The van der Waals surface area contributed by atoms with Crippen LogP contribution in [0.4, 0.5) is 0 Å². The number of carbonyl (C=O) groups is 3. The molecule has 1 unspecified atom stereocenters. The Morgan fingerprint density at radius 2 is 1.62 bits per heavy atom. The van der Waals surface area contributed by atoms with E-state index in [1.54, 1.807) is 0 Å². The van der Waals surface area contributed by atoms with Crippen molar-refractivity contribution >= 4 is 17.7 Å². The van der Waals surface area contributed by atoms with Gasteiger partial charge in [0.05, 0.1) is 10.8 Å². The molecular formula is C32H48O5. The Morgan fingerprint density at radius 1 is 0.919 bits per heavy atom. The molecule has 0 aromatic rings. The van der Waals surface area contributed by atoms with E-state index in [9.17, 15) is 19.5 Å². The van der Waals surface area contributed by atoms with Crippen molar-refractivity contribution in [3.05, 3.63) is 12.2 Å². The average molecular weight is 513 g/mol. The van der Waals surface area contributed by atoms with Crippen LogP contribution < -0.4 is 0 Å². The molecule has 37 heavy (non-hydrogen) atoms. The van der Waals surface area contributed by atoms with Crippen LogP contribution in [0.25, 0.3) is 0 Å². The van der Waals surface area contributed by atoms with E-state index in [4.69, 9.17) is 4.74 Å². The summed E-state index contributed by atoms with van der Waals surface area (Å²) < 4.78 is 5.51. The lowest BCUT2D eigenvalue weighted by molar-refractivity contribution is -0.238. The molecule has 0 aromatic carbocycles. The number of allylic oxidation sites excluding steroid dienone is 1. The van der Waals surface area contributed by atoms with Gasteiger partial charge in [-0.2, -0.15) is 0 Å². The minimum absolute atomic E-state index is 0.00849. The fourth-order valence-corrected chi connectivity index (χ4v) is 11.6. The van der Waals surface area contributed by atoms with Gasteiger partial charge in [0.15, 0.2) is 0 Å². The molecule has 0 bridgehead atoms. The number of ether oxygens (including phenoxy) is 1. The molecule has 5 rings (SSSR count). The molecule has 5 heteroatoms. The molecule has 0 saturated heterocycles. The average Bonchev–Trinajstić information content (AvgIpc) is 3.22. The summed E-state index contributed by atoms with van der Waals surface area (Å²) >= 11 is 0. The highest BCUT2D eigenvalue weighted by atomic mass is 16.5. The number of carboxylic acids is 1. The van der Waals surface area contributed by atoms with E-state index in [-0.39, 0.29) is 46.4 Å². The molecule has 206 valence electrons. The monoisotopic (exact) mass is 512 g/mol. The summed E-state index contributed by atoms with van der Waals surface area (Å²) in [5.74, 6) is 0.890. The first-order chi connectivity index (χ1) is 17.2. The molecule has 0 heterocycles. The van der Waals surface area contributed by atoms with Crippen LogP contribution >= 0.6 is 0 Å². The van der Waals surface area contributed by atoms with Crippen molar-refractivity contribution in [2.75, 3.05) is 6.61 Å². The summed E-state index contributed by atoms with van der Waals surface area (Å²) in [4.78, 5) is 37.9. The molecule has 0 aromatic heterocycles. The van der Waals surface area contributed by atoms with Gasteiger partial charge in [0, 0.05) is 13.3 Å². The second-order valence-corrected chi connectivity index (χ2v) is 14.8. The highest BCUT2D eigenvalue weighted by Crippen LogP contribution is 2.77. The maximum Gasteiger partial charge on any atom is 0.309 e. The second-order valence-electron chi connectivity index (χ2n) is 14.8. The number of aliphatic carboxylic acids is 1. The maximum absolute atomic E-state index is 13.3. The SMILES string of the molecule is C=C(C)[C@@H]1CC[C@]2(C(=O)O)CC[C@]3(C)[C@H](CC[C@@H]4[C@@]5(C)CCC(=O)C(C)(COC(C)=O)[C@@H]5CC[C@]43C)[C@@H]12. The van der Waals surface area contributed by atoms with Crippen LogP contribution in [0, 0.1) is 56.7 Å². The van der Waals surface area contributed by atoms with Crippen molar-refractivity contribution in [3.8, 4) is 0 Å². The van der Waals surface area contributed by atoms with E-state index in [0.29, 0.717) is 24.2 Å². The van der Waals surface area contributed by atoms with Crippen LogP contribution in [-0.4, -0.2) is 29.4 Å². The third-order valence-corrected chi connectivity index (χ3v) is 13.6. The Balaban J connectivity index is 1.53. The molecule has 5 aliphatic carbocycles. The number of esters is 1. The van der Waals surface area contributed by atoms with E-state index in [1.807, 2.05) is 6.92 Å². The molecule has 1 N–H and O–H groups in total. The normalized spacial score (nSPS) is 50.8. The molecule has 5 aliphatic rings. The zero-order chi connectivity index (χ0) is 27.2. The Labute approximate surface area is 223 Å². The molecule has 0 amide bonds. The Kier molecular flexibility index (Phi) is 6.13. The quantitative estimate of drug-likeness (QED) is 0.329. The molecule has 5 nitrogen and oxygen atoms in total. The minimum atomic E-state index is -0.626. The Hall–Kier alpha value is -1.65. The van der Waals surface area contributed by atoms with Crippen molar-refractivity contribution < 1.29 is 24.2 Å². The highest BCUT2D eigenvalue weighted by Gasteiger charge is 2.72. The molecule has 0 radical (unpaired) electrons. The third-order valence-electron chi connectivity index (χ3n) is 13.6. The number of carbonyl (C=O) groups excluding carboxylic acids is 2. The van der Waals surface area contributed by atoms with Gasteiger partial charge in [-0.15, -0.1) is 0 Å².